The van der Waals surface area contributed by atoms with E-state index in [1.54, 1.807) is 16.7 Å². The van der Waals surface area contributed by atoms with Crippen molar-refractivity contribution in [3.63, 3.8) is 0 Å². The van der Waals surface area contributed by atoms with Gasteiger partial charge in [-0.15, -0.1) is 0 Å². The molecule has 0 aromatic heterocycles. The van der Waals surface area contributed by atoms with Gasteiger partial charge in [0.15, 0.2) is 0 Å². The molecule has 1 unspecified atom stereocenters. The Hall–Kier alpha value is -1.56. The molecule has 0 bridgehead atoms. The highest BCUT2D eigenvalue weighted by Gasteiger charge is 2.28. The van der Waals surface area contributed by atoms with Crippen molar-refractivity contribution in [1.82, 2.24) is 0 Å². The third-order valence-corrected chi connectivity index (χ3v) is 4.92. The Morgan fingerprint density at radius 1 is 1.15 bits per heavy atom. The van der Waals surface area contributed by atoms with Crippen LogP contribution < -0.4 is 0 Å². The predicted molar refractivity (Wildman–Crippen MR) is 87.6 cm³/mol. The Labute approximate surface area is 122 Å². The van der Waals surface area contributed by atoms with Gasteiger partial charge in [-0.1, -0.05) is 55.8 Å². The van der Waals surface area contributed by atoms with E-state index in [-0.39, 0.29) is 0 Å². The van der Waals surface area contributed by atoms with Crippen LogP contribution in [0.15, 0.2) is 53.1 Å². The Morgan fingerprint density at radius 2 is 1.90 bits per heavy atom. The van der Waals surface area contributed by atoms with Crippen molar-refractivity contribution in [3.8, 4) is 0 Å². The summed E-state index contributed by atoms with van der Waals surface area (Å²) in [6, 6.07) is 9.15. The Morgan fingerprint density at radius 3 is 2.55 bits per heavy atom. The van der Waals surface area contributed by atoms with Gasteiger partial charge in [-0.25, -0.2) is 0 Å². The Bertz CT molecular complexity index is 593. The van der Waals surface area contributed by atoms with Crippen molar-refractivity contribution in [1.29, 1.82) is 0 Å². The standard InChI is InChI=1S/C20H24/c1-4-15-9-11-17(12-10-15)19-13-20-16(5-2)7-6-8-18(20)14(19)3/h5,9-14H,4,6-8H2,1-3H3. The van der Waals surface area contributed by atoms with Crippen molar-refractivity contribution >= 4 is 5.57 Å². The van der Waals surface area contributed by atoms with Crippen LogP contribution in [0, 0.1) is 5.92 Å². The van der Waals surface area contributed by atoms with Crippen LogP contribution in [0.25, 0.3) is 5.57 Å². The Kier molecular flexibility index (Phi) is 3.65. The summed E-state index contributed by atoms with van der Waals surface area (Å²) in [7, 11) is 0. The van der Waals surface area contributed by atoms with Gasteiger partial charge in [0.2, 0.25) is 0 Å². The summed E-state index contributed by atoms with van der Waals surface area (Å²) in [5.74, 6) is 0.590. The second-order valence-corrected chi connectivity index (χ2v) is 5.98. The van der Waals surface area contributed by atoms with Crippen LogP contribution in [-0.4, -0.2) is 0 Å². The SMILES string of the molecule is CC=C1CCCC2=C1C=C(c1ccc(CC)cc1)C2C. The molecule has 0 amide bonds. The molecule has 104 valence electrons. The van der Waals surface area contributed by atoms with Crippen molar-refractivity contribution < 1.29 is 0 Å². The second-order valence-electron chi connectivity index (χ2n) is 5.98. The molecule has 0 fully saturated rings. The largest absolute Gasteiger partial charge is 0.0838 e. The first-order chi connectivity index (χ1) is 9.74. The zero-order valence-corrected chi connectivity index (χ0v) is 12.9. The van der Waals surface area contributed by atoms with Crippen molar-refractivity contribution in [3.05, 3.63) is 64.3 Å². The fraction of sp³-hybridized carbons (Fsp3) is 0.400. The van der Waals surface area contributed by atoms with Gasteiger partial charge in [0, 0.05) is 5.92 Å². The number of benzene rings is 1. The van der Waals surface area contributed by atoms with Crippen molar-refractivity contribution in [2.75, 3.05) is 0 Å². The van der Waals surface area contributed by atoms with E-state index in [9.17, 15) is 0 Å². The number of aryl methyl sites for hydroxylation is 1. The topological polar surface area (TPSA) is 0 Å². The third-order valence-electron chi connectivity index (χ3n) is 4.92. The van der Waals surface area contributed by atoms with Gasteiger partial charge in [0.25, 0.3) is 0 Å². The van der Waals surface area contributed by atoms with Crippen LogP contribution in [0.1, 0.15) is 51.2 Å². The highest BCUT2D eigenvalue weighted by atomic mass is 14.3. The molecule has 0 N–H and O–H groups in total. The molecule has 3 rings (SSSR count). The quantitative estimate of drug-likeness (QED) is 0.642. The van der Waals surface area contributed by atoms with Crippen LogP contribution in [0.5, 0.6) is 0 Å². The molecule has 2 aliphatic rings. The zero-order valence-electron chi connectivity index (χ0n) is 12.9. The monoisotopic (exact) mass is 264 g/mol. The van der Waals surface area contributed by atoms with Crippen LogP contribution in [0.3, 0.4) is 0 Å². The molecule has 0 heteroatoms. The van der Waals surface area contributed by atoms with Crippen LogP contribution in [-0.2, 0) is 6.42 Å². The van der Waals surface area contributed by atoms with Gasteiger partial charge in [0.05, 0.1) is 0 Å². The maximum absolute atomic E-state index is 2.45. The average molecular weight is 264 g/mol. The summed E-state index contributed by atoms with van der Waals surface area (Å²) in [6.07, 6.45) is 9.73. The maximum Gasteiger partial charge on any atom is 0.00350 e. The summed E-state index contributed by atoms with van der Waals surface area (Å²) >= 11 is 0. The first kappa shape index (κ1) is 13.4. The van der Waals surface area contributed by atoms with E-state index in [2.05, 4.69) is 57.2 Å². The smallest absolute Gasteiger partial charge is 0.00350 e. The molecule has 0 saturated carbocycles. The highest BCUT2D eigenvalue weighted by molar-refractivity contribution is 5.79. The summed E-state index contributed by atoms with van der Waals surface area (Å²) < 4.78 is 0. The first-order valence-corrected chi connectivity index (χ1v) is 7.94. The lowest BCUT2D eigenvalue weighted by atomic mass is 9.84. The second kappa shape index (κ2) is 5.44. The van der Waals surface area contributed by atoms with Gasteiger partial charge in [-0.05, 0) is 60.5 Å². The number of rotatable bonds is 2. The first-order valence-electron chi connectivity index (χ1n) is 7.94. The van der Waals surface area contributed by atoms with E-state index in [4.69, 9.17) is 0 Å². The molecule has 20 heavy (non-hydrogen) atoms. The lowest BCUT2D eigenvalue weighted by molar-refractivity contribution is 0.710. The minimum absolute atomic E-state index is 0.590. The van der Waals surface area contributed by atoms with E-state index in [0.29, 0.717) is 5.92 Å². The molecule has 1 aromatic rings. The average Bonchev–Trinajstić information content (AvgIpc) is 2.85. The molecule has 1 atom stereocenters. The molecule has 2 aliphatic carbocycles. The van der Waals surface area contributed by atoms with Gasteiger partial charge >= 0.3 is 0 Å². The fourth-order valence-electron chi connectivity index (χ4n) is 3.61. The molecule has 0 radical (unpaired) electrons. The molecular formula is C20H24. The van der Waals surface area contributed by atoms with Crippen LogP contribution >= 0.6 is 0 Å². The zero-order chi connectivity index (χ0) is 14.1. The van der Waals surface area contributed by atoms with Crippen LogP contribution in [0.4, 0.5) is 0 Å². The summed E-state index contributed by atoms with van der Waals surface area (Å²) in [4.78, 5) is 0. The van der Waals surface area contributed by atoms with Crippen LogP contribution in [0.2, 0.25) is 0 Å². The Balaban J connectivity index is 1.96. The van der Waals surface area contributed by atoms with E-state index in [1.165, 1.54) is 36.0 Å². The molecule has 0 spiro atoms. The number of allylic oxidation sites excluding steroid dienone is 6. The minimum Gasteiger partial charge on any atom is -0.0838 e. The molecule has 1 aromatic carbocycles. The van der Waals surface area contributed by atoms with E-state index in [1.807, 2.05) is 0 Å². The molecular weight excluding hydrogens is 240 g/mol. The maximum atomic E-state index is 2.45. The normalized spacial score (nSPS) is 24.1. The van der Waals surface area contributed by atoms with Gasteiger partial charge in [-0.3, -0.25) is 0 Å². The molecule has 0 nitrogen and oxygen atoms in total. The lowest BCUT2D eigenvalue weighted by Gasteiger charge is -2.20. The number of hydrogen-bond acceptors (Lipinski definition) is 0. The fourth-order valence-corrected chi connectivity index (χ4v) is 3.61. The summed E-state index contributed by atoms with van der Waals surface area (Å²) in [5, 5.41) is 0. The predicted octanol–water partition coefficient (Wildman–Crippen LogP) is 5.71. The third kappa shape index (κ3) is 2.18. The summed E-state index contributed by atoms with van der Waals surface area (Å²) in [6.45, 7) is 6.77. The van der Waals surface area contributed by atoms with E-state index >= 15 is 0 Å². The lowest BCUT2D eigenvalue weighted by Crippen LogP contribution is -2.04. The van der Waals surface area contributed by atoms with Gasteiger partial charge in [0.1, 0.15) is 0 Å². The minimum atomic E-state index is 0.590. The summed E-state index contributed by atoms with van der Waals surface area (Å²) in [5.41, 5.74) is 9.10. The van der Waals surface area contributed by atoms with E-state index < -0.39 is 0 Å². The van der Waals surface area contributed by atoms with Crippen molar-refractivity contribution in [2.45, 2.75) is 46.5 Å². The van der Waals surface area contributed by atoms with Crippen molar-refractivity contribution in [2.24, 2.45) is 5.92 Å². The molecule has 0 saturated heterocycles. The molecule has 0 aliphatic heterocycles. The number of hydrogen-bond donors (Lipinski definition) is 0. The van der Waals surface area contributed by atoms with E-state index in [0.717, 1.165) is 6.42 Å². The van der Waals surface area contributed by atoms with Gasteiger partial charge < -0.3 is 0 Å². The van der Waals surface area contributed by atoms with Gasteiger partial charge in [-0.2, -0.15) is 0 Å². The molecule has 0 heterocycles. The highest BCUT2D eigenvalue weighted by Crippen LogP contribution is 2.45.